The van der Waals surface area contributed by atoms with E-state index in [2.05, 4.69) is 106 Å². The molecule has 10 rings (SSSR count). The number of hydrogen-bond donors (Lipinski definition) is 1. The fraction of sp³-hybridized carbons (Fsp3) is 0.0227. The third-order valence-electron chi connectivity index (χ3n) is 9.98. The lowest BCUT2D eigenvalue weighted by Crippen LogP contribution is -2.49. The van der Waals surface area contributed by atoms with E-state index < -0.39 is 12.1 Å². The molecule has 238 valence electrons. The highest BCUT2D eigenvalue weighted by molar-refractivity contribution is 6.12. The van der Waals surface area contributed by atoms with E-state index in [1.165, 1.54) is 21.5 Å². The van der Waals surface area contributed by atoms with E-state index in [-0.39, 0.29) is 0 Å². The van der Waals surface area contributed by atoms with Crippen molar-refractivity contribution in [2.45, 2.75) is 6.23 Å². The van der Waals surface area contributed by atoms with E-state index in [4.69, 9.17) is 0 Å². The van der Waals surface area contributed by atoms with Crippen molar-refractivity contribution in [3.8, 4) is 11.4 Å². The summed E-state index contributed by atoms with van der Waals surface area (Å²) in [6.45, 7) is 0. The highest BCUT2D eigenvalue weighted by atomic mass is 16.3. The van der Waals surface area contributed by atoms with E-state index in [1.54, 1.807) is 9.80 Å². The van der Waals surface area contributed by atoms with Gasteiger partial charge in [-0.15, -0.1) is 0 Å². The summed E-state index contributed by atoms with van der Waals surface area (Å²) < 4.78 is 4.50. The predicted molar refractivity (Wildman–Crippen MR) is 203 cm³/mol. The number of anilines is 4. The number of hydrogen-bond acceptors (Lipinski definition) is 3. The molecule has 1 N–H and O–H groups in total. The number of aliphatic hydroxyl groups is 1. The van der Waals surface area contributed by atoms with E-state index in [9.17, 15) is 9.90 Å². The van der Waals surface area contributed by atoms with Crippen LogP contribution in [0, 0.1) is 0 Å². The number of benzene rings is 7. The van der Waals surface area contributed by atoms with Gasteiger partial charge >= 0.3 is 0 Å². The highest BCUT2D eigenvalue weighted by Crippen LogP contribution is 2.44. The molecule has 0 bridgehead atoms. The molecule has 1 aliphatic rings. The second-order valence-corrected chi connectivity index (χ2v) is 12.7. The number of carbonyl (C=O) groups is 1. The molecule has 2 aromatic heterocycles. The van der Waals surface area contributed by atoms with Gasteiger partial charge in [0.25, 0.3) is 5.91 Å². The fourth-order valence-electron chi connectivity index (χ4n) is 7.79. The van der Waals surface area contributed by atoms with Crippen LogP contribution in [0.3, 0.4) is 0 Å². The van der Waals surface area contributed by atoms with Crippen molar-refractivity contribution in [2.24, 2.45) is 0 Å². The third kappa shape index (κ3) is 4.09. The van der Waals surface area contributed by atoms with Gasteiger partial charge in [0.05, 0.1) is 33.4 Å². The Morgan fingerprint density at radius 3 is 1.16 bits per heavy atom. The van der Waals surface area contributed by atoms with Gasteiger partial charge in [-0.25, -0.2) is 0 Å². The maximum Gasteiger partial charge on any atom is 0.281 e. The van der Waals surface area contributed by atoms with Crippen LogP contribution < -0.4 is 9.80 Å². The zero-order valence-electron chi connectivity index (χ0n) is 26.9. The van der Waals surface area contributed by atoms with Crippen molar-refractivity contribution >= 4 is 72.3 Å². The summed E-state index contributed by atoms with van der Waals surface area (Å²) in [4.78, 5) is 17.4. The minimum Gasteiger partial charge on any atom is -0.365 e. The molecule has 0 saturated heterocycles. The molecule has 0 saturated carbocycles. The van der Waals surface area contributed by atoms with E-state index >= 15 is 0 Å². The number of nitrogens with zero attached hydrogens (tertiary/aromatic N) is 4. The Kier molecular flexibility index (Phi) is 6.22. The first-order valence-corrected chi connectivity index (χ1v) is 16.7. The molecule has 1 aliphatic heterocycles. The molecule has 0 fully saturated rings. The Bertz CT molecular complexity index is 2650. The van der Waals surface area contributed by atoms with E-state index in [1.807, 2.05) is 72.8 Å². The standard InChI is InChI=1S/C44H30N4O2/c49-43-44(50)48(32-27-23-30(24-28-32)46-39-17-7-3-13-35(39)36-14-4-8-18-40(36)46)42-20-10-9-19-41(42)47(43)31-25-21-29(22-26-31)45-37-15-5-1-11-33(37)34-12-2-6-16-38(34)45/h1-28,43,49H. The minimum absolute atomic E-state index is 0.417. The summed E-state index contributed by atoms with van der Waals surface area (Å²) in [5, 5.41) is 16.5. The van der Waals surface area contributed by atoms with Crippen LogP contribution in [-0.4, -0.2) is 26.4 Å². The summed E-state index contributed by atoms with van der Waals surface area (Å²) in [6, 6.07) is 57.4. The van der Waals surface area contributed by atoms with Crippen molar-refractivity contribution in [2.75, 3.05) is 9.80 Å². The van der Waals surface area contributed by atoms with Crippen LogP contribution in [0.5, 0.6) is 0 Å². The molecule has 1 amide bonds. The lowest BCUT2D eigenvalue weighted by molar-refractivity contribution is -0.125. The summed E-state index contributed by atoms with van der Waals surface area (Å²) >= 11 is 0. The van der Waals surface area contributed by atoms with Crippen molar-refractivity contribution in [1.82, 2.24) is 9.13 Å². The quantitative estimate of drug-likeness (QED) is 0.207. The topological polar surface area (TPSA) is 53.6 Å². The molecule has 1 unspecified atom stereocenters. The number of rotatable bonds is 4. The number of aromatic nitrogens is 2. The average Bonchev–Trinajstić information content (AvgIpc) is 3.69. The zero-order chi connectivity index (χ0) is 33.3. The normalized spacial score (nSPS) is 14.7. The number of amides is 1. The van der Waals surface area contributed by atoms with Crippen LogP contribution in [0.4, 0.5) is 22.7 Å². The molecule has 50 heavy (non-hydrogen) atoms. The van der Waals surface area contributed by atoms with Crippen LogP contribution in [0.25, 0.3) is 55.0 Å². The zero-order valence-corrected chi connectivity index (χ0v) is 26.9. The van der Waals surface area contributed by atoms with Crippen LogP contribution in [0.1, 0.15) is 0 Å². The molecule has 0 aliphatic carbocycles. The predicted octanol–water partition coefficient (Wildman–Crippen LogP) is 10.0. The van der Waals surface area contributed by atoms with Crippen LogP contribution in [-0.2, 0) is 4.79 Å². The second kappa shape index (κ2) is 11.0. The van der Waals surface area contributed by atoms with Crippen molar-refractivity contribution in [3.63, 3.8) is 0 Å². The molecule has 6 heteroatoms. The largest absolute Gasteiger partial charge is 0.365 e. The number of carbonyl (C=O) groups excluding carboxylic acids is 1. The maximum atomic E-state index is 14.1. The fourth-order valence-corrected chi connectivity index (χ4v) is 7.79. The first-order valence-electron chi connectivity index (χ1n) is 16.7. The first-order chi connectivity index (χ1) is 24.7. The van der Waals surface area contributed by atoms with Crippen LogP contribution in [0.15, 0.2) is 170 Å². The Morgan fingerprint density at radius 2 is 0.720 bits per heavy atom. The van der Waals surface area contributed by atoms with E-state index in [0.29, 0.717) is 11.4 Å². The van der Waals surface area contributed by atoms with Crippen LogP contribution >= 0.6 is 0 Å². The van der Waals surface area contributed by atoms with Crippen molar-refractivity contribution in [1.29, 1.82) is 0 Å². The third-order valence-corrected chi connectivity index (χ3v) is 9.98. The van der Waals surface area contributed by atoms with Gasteiger partial charge in [-0.1, -0.05) is 84.9 Å². The van der Waals surface area contributed by atoms with Crippen molar-refractivity contribution in [3.05, 3.63) is 170 Å². The molecular formula is C44H30N4O2. The Balaban J connectivity index is 1.03. The average molecular weight is 647 g/mol. The monoisotopic (exact) mass is 646 g/mol. The molecule has 9 aromatic rings. The molecule has 0 spiro atoms. The smallest absolute Gasteiger partial charge is 0.281 e. The highest BCUT2D eigenvalue weighted by Gasteiger charge is 2.38. The number of para-hydroxylation sites is 6. The van der Waals surface area contributed by atoms with E-state index in [0.717, 1.165) is 44.8 Å². The lowest BCUT2D eigenvalue weighted by Gasteiger charge is -2.40. The molecule has 3 heterocycles. The lowest BCUT2D eigenvalue weighted by atomic mass is 10.1. The number of aliphatic hydroxyl groups excluding tert-OH is 1. The molecular weight excluding hydrogens is 617 g/mol. The van der Waals surface area contributed by atoms with Gasteiger partial charge in [-0.05, 0) is 84.9 Å². The second-order valence-electron chi connectivity index (χ2n) is 12.7. The summed E-state index contributed by atoms with van der Waals surface area (Å²) in [6.07, 6.45) is -1.42. The van der Waals surface area contributed by atoms with Gasteiger partial charge in [0.15, 0.2) is 0 Å². The Hall–Kier alpha value is -6.63. The first kappa shape index (κ1) is 28.4. The molecule has 0 radical (unpaired) electrons. The minimum atomic E-state index is -1.42. The Morgan fingerprint density at radius 1 is 0.380 bits per heavy atom. The van der Waals surface area contributed by atoms with Gasteiger partial charge in [-0.3, -0.25) is 9.69 Å². The molecule has 1 atom stereocenters. The van der Waals surface area contributed by atoms with Crippen LogP contribution in [0.2, 0.25) is 0 Å². The summed E-state index contributed by atoms with van der Waals surface area (Å²) in [5.74, 6) is -0.417. The van der Waals surface area contributed by atoms with Gasteiger partial charge < -0.3 is 19.1 Å². The SMILES string of the molecule is O=C1C(O)N(c2ccc(-n3c4ccccc4c4ccccc43)cc2)c2ccccc2N1c1ccc(-n2c3ccccc3c3ccccc32)cc1. The summed E-state index contributed by atoms with van der Waals surface area (Å²) in [7, 11) is 0. The molecule has 6 nitrogen and oxygen atoms in total. The van der Waals surface area contributed by atoms with Gasteiger partial charge in [-0.2, -0.15) is 0 Å². The van der Waals surface area contributed by atoms with Gasteiger partial charge in [0.1, 0.15) is 0 Å². The Labute approximate surface area is 287 Å². The van der Waals surface area contributed by atoms with Gasteiger partial charge in [0.2, 0.25) is 6.23 Å². The maximum absolute atomic E-state index is 14.1. The number of fused-ring (bicyclic) bond motifs is 7. The summed E-state index contributed by atoms with van der Waals surface area (Å²) in [5.41, 5.74) is 9.36. The van der Waals surface area contributed by atoms with Crippen molar-refractivity contribution < 1.29 is 9.90 Å². The molecule has 7 aromatic carbocycles. The van der Waals surface area contributed by atoms with Gasteiger partial charge in [0, 0.05) is 44.3 Å².